The van der Waals surface area contributed by atoms with Crippen LogP contribution < -0.4 is 5.32 Å². The number of nitrogens with one attached hydrogen (secondary N) is 1. The molecule has 6 heteroatoms. The SMILES string of the molecule is c1ccc(CCNC(=NCCc2ccco2)N2CCC(N3CCOCC3)C2)cc1. The van der Waals surface area contributed by atoms with Crippen LogP contribution in [0.5, 0.6) is 0 Å². The van der Waals surface area contributed by atoms with Gasteiger partial charge in [0, 0.05) is 51.7 Å². The molecule has 2 aliphatic rings. The number of furan rings is 1. The summed E-state index contributed by atoms with van der Waals surface area (Å²) < 4.78 is 11.0. The van der Waals surface area contributed by atoms with Crippen LogP contribution >= 0.6 is 0 Å². The lowest BCUT2D eigenvalue weighted by Crippen LogP contribution is -2.47. The quantitative estimate of drug-likeness (QED) is 0.575. The second-order valence-corrected chi connectivity index (χ2v) is 7.73. The Kier molecular flexibility index (Phi) is 7.21. The van der Waals surface area contributed by atoms with Gasteiger partial charge in [0.15, 0.2) is 5.96 Å². The van der Waals surface area contributed by atoms with Gasteiger partial charge >= 0.3 is 0 Å². The zero-order valence-corrected chi connectivity index (χ0v) is 17.1. The molecular formula is C23H32N4O2. The van der Waals surface area contributed by atoms with Crippen molar-refractivity contribution >= 4 is 5.96 Å². The molecule has 1 N–H and O–H groups in total. The molecule has 0 amide bonds. The van der Waals surface area contributed by atoms with Crippen molar-refractivity contribution in [3.63, 3.8) is 0 Å². The van der Waals surface area contributed by atoms with Crippen LogP contribution in [-0.4, -0.2) is 74.3 Å². The van der Waals surface area contributed by atoms with E-state index in [0.29, 0.717) is 6.04 Å². The fourth-order valence-electron chi connectivity index (χ4n) is 4.13. The summed E-state index contributed by atoms with van der Waals surface area (Å²) in [6.45, 7) is 7.53. The van der Waals surface area contributed by atoms with Crippen molar-refractivity contribution in [2.24, 2.45) is 4.99 Å². The Hall–Kier alpha value is -2.31. The zero-order chi connectivity index (χ0) is 19.7. The fourth-order valence-corrected chi connectivity index (χ4v) is 4.13. The summed E-state index contributed by atoms with van der Waals surface area (Å²) >= 11 is 0. The van der Waals surface area contributed by atoms with E-state index in [9.17, 15) is 0 Å². The number of hydrogen-bond acceptors (Lipinski definition) is 4. The number of guanidine groups is 1. The van der Waals surface area contributed by atoms with Crippen molar-refractivity contribution < 1.29 is 9.15 Å². The normalized spacial score (nSPS) is 20.9. The van der Waals surface area contributed by atoms with E-state index in [1.54, 1.807) is 6.26 Å². The molecule has 2 fully saturated rings. The Bertz CT molecular complexity index is 742. The first-order chi connectivity index (χ1) is 14.4. The van der Waals surface area contributed by atoms with Gasteiger partial charge in [0.25, 0.3) is 0 Å². The highest BCUT2D eigenvalue weighted by molar-refractivity contribution is 5.80. The predicted octanol–water partition coefficient (Wildman–Crippen LogP) is 2.42. The van der Waals surface area contributed by atoms with Gasteiger partial charge in [0.2, 0.25) is 0 Å². The van der Waals surface area contributed by atoms with Crippen LogP contribution in [0.3, 0.4) is 0 Å². The average molecular weight is 397 g/mol. The number of morpholine rings is 1. The molecule has 29 heavy (non-hydrogen) atoms. The minimum atomic E-state index is 0.602. The van der Waals surface area contributed by atoms with Crippen LogP contribution in [0.25, 0.3) is 0 Å². The van der Waals surface area contributed by atoms with E-state index in [1.807, 2.05) is 12.1 Å². The predicted molar refractivity (Wildman–Crippen MR) is 115 cm³/mol. The van der Waals surface area contributed by atoms with E-state index in [-0.39, 0.29) is 0 Å². The molecule has 0 saturated carbocycles. The molecule has 0 spiro atoms. The molecule has 4 rings (SSSR count). The van der Waals surface area contributed by atoms with Crippen LogP contribution in [0.1, 0.15) is 17.7 Å². The summed E-state index contributed by atoms with van der Waals surface area (Å²) in [7, 11) is 0. The number of benzene rings is 1. The smallest absolute Gasteiger partial charge is 0.194 e. The molecule has 2 aromatic rings. The molecule has 1 atom stereocenters. The lowest BCUT2D eigenvalue weighted by atomic mass is 10.1. The number of ether oxygens (including phenoxy) is 1. The molecule has 2 aliphatic heterocycles. The number of hydrogen-bond donors (Lipinski definition) is 1. The number of rotatable bonds is 7. The highest BCUT2D eigenvalue weighted by Crippen LogP contribution is 2.17. The molecule has 1 unspecified atom stereocenters. The van der Waals surface area contributed by atoms with E-state index in [4.69, 9.17) is 14.1 Å². The minimum Gasteiger partial charge on any atom is -0.469 e. The fraction of sp³-hybridized carbons (Fsp3) is 0.522. The largest absolute Gasteiger partial charge is 0.469 e. The maximum absolute atomic E-state index is 5.52. The first-order valence-electron chi connectivity index (χ1n) is 10.8. The molecule has 2 saturated heterocycles. The maximum atomic E-state index is 5.52. The Morgan fingerprint density at radius 2 is 1.90 bits per heavy atom. The topological polar surface area (TPSA) is 53.2 Å². The van der Waals surface area contributed by atoms with Crippen molar-refractivity contribution in [3.8, 4) is 0 Å². The van der Waals surface area contributed by atoms with E-state index in [0.717, 1.165) is 77.0 Å². The summed E-state index contributed by atoms with van der Waals surface area (Å²) in [5.74, 6) is 2.02. The molecule has 3 heterocycles. The minimum absolute atomic E-state index is 0.602. The van der Waals surface area contributed by atoms with Crippen molar-refractivity contribution in [1.82, 2.24) is 15.1 Å². The number of aliphatic imine (C=N–C) groups is 1. The highest BCUT2D eigenvalue weighted by atomic mass is 16.5. The van der Waals surface area contributed by atoms with Gasteiger partial charge in [-0.15, -0.1) is 0 Å². The summed E-state index contributed by atoms with van der Waals surface area (Å²) in [6.07, 6.45) is 4.75. The van der Waals surface area contributed by atoms with Crippen LogP contribution in [0.2, 0.25) is 0 Å². The van der Waals surface area contributed by atoms with Gasteiger partial charge in [-0.1, -0.05) is 30.3 Å². The Morgan fingerprint density at radius 3 is 2.69 bits per heavy atom. The van der Waals surface area contributed by atoms with Gasteiger partial charge < -0.3 is 19.4 Å². The Labute approximate surface area is 173 Å². The van der Waals surface area contributed by atoms with Gasteiger partial charge in [0.05, 0.1) is 19.5 Å². The second-order valence-electron chi connectivity index (χ2n) is 7.73. The van der Waals surface area contributed by atoms with E-state index in [2.05, 4.69) is 45.4 Å². The van der Waals surface area contributed by atoms with Crippen molar-refractivity contribution in [1.29, 1.82) is 0 Å². The molecule has 1 aromatic carbocycles. The van der Waals surface area contributed by atoms with Crippen molar-refractivity contribution in [2.75, 3.05) is 52.5 Å². The van der Waals surface area contributed by atoms with Crippen LogP contribution in [0.4, 0.5) is 0 Å². The first kappa shape index (κ1) is 20.0. The third-order valence-corrected chi connectivity index (χ3v) is 5.76. The molecule has 156 valence electrons. The maximum Gasteiger partial charge on any atom is 0.194 e. The molecule has 6 nitrogen and oxygen atoms in total. The Balaban J connectivity index is 1.34. The number of nitrogens with zero attached hydrogens (tertiary/aromatic N) is 3. The van der Waals surface area contributed by atoms with Gasteiger partial charge in [-0.2, -0.15) is 0 Å². The van der Waals surface area contributed by atoms with Gasteiger partial charge in [-0.25, -0.2) is 0 Å². The third-order valence-electron chi connectivity index (χ3n) is 5.76. The molecular weight excluding hydrogens is 364 g/mol. The lowest BCUT2D eigenvalue weighted by Gasteiger charge is -2.32. The van der Waals surface area contributed by atoms with Crippen LogP contribution in [0, 0.1) is 0 Å². The zero-order valence-electron chi connectivity index (χ0n) is 17.1. The summed E-state index contributed by atoms with van der Waals surface area (Å²) in [5.41, 5.74) is 1.35. The van der Waals surface area contributed by atoms with E-state index < -0.39 is 0 Å². The molecule has 1 aromatic heterocycles. The van der Waals surface area contributed by atoms with E-state index >= 15 is 0 Å². The summed E-state index contributed by atoms with van der Waals surface area (Å²) in [6, 6.07) is 15.2. The summed E-state index contributed by atoms with van der Waals surface area (Å²) in [5, 5.41) is 3.62. The monoisotopic (exact) mass is 396 g/mol. The van der Waals surface area contributed by atoms with E-state index in [1.165, 1.54) is 12.0 Å². The van der Waals surface area contributed by atoms with Gasteiger partial charge in [0.1, 0.15) is 5.76 Å². The standard InChI is InChI=1S/C23H32N4O2/c1-2-5-20(6-3-1)8-11-24-23(25-12-9-22-7-4-16-29-22)27-13-10-21(19-27)26-14-17-28-18-15-26/h1-7,16,21H,8-15,17-19H2,(H,24,25). The molecule has 0 radical (unpaired) electrons. The lowest BCUT2D eigenvalue weighted by molar-refractivity contribution is 0.0195. The second kappa shape index (κ2) is 10.5. The van der Waals surface area contributed by atoms with Gasteiger partial charge in [-0.05, 0) is 30.5 Å². The molecule has 0 aliphatic carbocycles. The number of likely N-dealkylation sites (tertiary alicyclic amines) is 1. The highest BCUT2D eigenvalue weighted by Gasteiger charge is 2.30. The van der Waals surface area contributed by atoms with Crippen molar-refractivity contribution in [2.45, 2.75) is 25.3 Å². The van der Waals surface area contributed by atoms with Crippen molar-refractivity contribution in [3.05, 3.63) is 60.1 Å². The third kappa shape index (κ3) is 5.84. The first-order valence-corrected chi connectivity index (χ1v) is 10.8. The van der Waals surface area contributed by atoms with Crippen LogP contribution in [-0.2, 0) is 17.6 Å². The molecule has 0 bridgehead atoms. The van der Waals surface area contributed by atoms with Crippen LogP contribution in [0.15, 0.2) is 58.1 Å². The Morgan fingerprint density at radius 1 is 1.03 bits per heavy atom. The van der Waals surface area contributed by atoms with Gasteiger partial charge in [-0.3, -0.25) is 9.89 Å². The summed E-state index contributed by atoms with van der Waals surface area (Å²) in [4.78, 5) is 9.92. The average Bonchev–Trinajstić information content (AvgIpc) is 3.46.